The van der Waals surface area contributed by atoms with E-state index < -0.39 is 5.97 Å². The molecule has 1 atom stereocenters. The highest BCUT2D eigenvalue weighted by atomic mass is 16.4. The van der Waals surface area contributed by atoms with Crippen molar-refractivity contribution in [1.82, 2.24) is 4.98 Å². The van der Waals surface area contributed by atoms with Crippen molar-refractivity contribution >= 4 is 11.7 Å². The van der Waals surface area contributed by atoms with Gasteiger partial charge in [0.1, 0.15) is 5.69 Å². The molecule has 16 heavy (non-hydrogen) atoms. The summed E-state index contributed by atoms with van der Waals surface area (Å²) in [7, 11) is 0. The molecule has 0 bridgehead atoms. The van der Waals surface area contributed by atoms with Crippen molar-refractivity contribution in [2.45, 2.75) is 25.9 Å². The van der Waals surface area contributed by atoms with Crippen LogP contribution in [0.2, 0.25) is 0 Å². The number of nitrogens with one attached hydrogen (secondary N) is 1. The predicted octanol–water partition coefficient (Wildman–Crippen LogP) is 1.35. The number of pyridine rings is 1. The summed E-state index contributed by atoms with van der Waals surface area (Å²) >= 11 is 0. The maximum absolute atomic E-state index is 10.6. The number of carbonyl (C=O) groups is 1. The molecular weight excluding hydrogens is 208 g/mol. The van der Waals surface area contributed by atoms with Crippen LogP contribution in [0, 0.1) is 0 Å². The number of nitrogens with zero attached hydrogens (tertiary/aromatic N) is 1. The lowest BCUT2D eigenvalue weighted by Crippen LogP contribution is -2.07. The Morgan fingerprint density at radius 2 is 2.38 bits per heavy atom. The van der Waals surface area contributed by atoms with E-state index >= 15 is 0 Å². The minimum atomic E-state index is -1.03. The van der Waals surface area contributed by atoms with E-state index in [1.54, 1.807) is 13.0 Å². The smallest absolute Gasteiger partial charge is 0.354 e. The fraction of sp³-hybridized carbons (Fsp3) is 0.455. The number of anilines is 1. The normalized spacial score (nSPS) is 12.1. The Kier molecular flexibility index (Phi) is 4.72. The third kappa shape index (κ3) is 4.27. The zero-order valence-corrected chi connectivity index (χ0v) is 9.18. The second kappa shape index (κ2) is 6.07. The van der Waals surface area contributed by atoms with Gasteiger partial charge in [0.05, 0.1) is 6.10 Å². The molecule has 1 unspecified atom stereocenters. The van der Waals surface area contributed by atoms with Crippen LogP contribution in [0.1, 0.15) is 30.3 Å². The van der Waals surface area contributed by atoms with E-state index in [9.17, 15) is 4.79 Å². The van der Waals surface area contributed by atoms with Crippen LogP contribution in [0.5, 0.6) is 0 Å². The quantitative estimate of drug-likeness (QED) is 0.635. The molecule has 0 aromatic carbocycles. The minimum absolute atomic E-state index is 0.0283. The number of aromatic nitrogens is 1. The largest absolute Gasteiger partial charge is 0.477 e. The third-order valence-corrected chi connectivity index (χ3v) is 2.11. The Morgan fingerprint density at radius 3 is 3.00 bits per heavy atom. The molecule has 0 radical (unpaired) electrons. The summed E-state index contributed by atoms with van der Waals surface area (Å²) in [6.07, 6.45) is 2.72. The van der Waals surface area contributed by atoms with Crippen LogP contribution in [0.4, 0.5) is 5.69 Å². The topological polar surface area (TPSA) is 82.5 Å². The average molecular weight is 224 g/mol. The van der Waals surface area contributed by atoms with Crippen molar-refractivity contribution < 1.29 is 15.0 Å². The van der Waals surface area contributed by atoms with Crippen molar-refractivity contribution in [3.8, 4) is 0 Å². The van der Waals surface area contributed by atoms with E-state index in [2.05, 4.69) is 10.3 Å². The van der Waals surface area contributed by atoms with Crippen LogP contribution < -0.4 is 5.32 Å². The number of rotatable bonds is 6. The van der Waals surface area contributed by atoms with Gasteiger partial charge in [0.25, 0.3) is 0 Å². The highest BCUT2D eigenvalue weighted by Crippen LogP contribution is 2.08. The summed E-state index contributed by atoms with van der Waals surface area (Å²) in [5.74, 6) is -1.03. The van der Waals surface area contributed by atoms with Gasteiger partial charge in [0, 0.05) is 18.4 Å². The SMILES string of the molecule is CC(O)CCCNc1ccnc(C(=O)O)c1. The molecule has 0 aliphatic carbocycles. The van der Waals surface area contributed by atoms with Crippen LogP contribution in [0.15, 0.2) is 18.3 Å². The first-order chi connectivity index (χ1) is 7.59. The zero-order chi connectivity index (χ0) is 12.0. The van der Waals surface area contributed by atoms with Crippen molar-refractivity contribution in [2.24, 2.45) is 0 Å². The predicted molar refractivity (Wildman–Crippen MR) is 60.6 cm³/mol. The third-order valence-electron chi connectivity index (χ3n) is 2.11. The summed E-state index contributed by atoms with van der Waals surface area (Å²) in [5.41, 5.74) is 0.763. The van der Waals surface area contributed by atoms with Crippen molar-refractivity contribution in [1.29, 1.82) is 0 Å². The Hall–Kier alpha value is -1.62. The number of hydrogen-bond acceptors (Lipinski definition) is 4. The summed E-state index contributed by atoms with van der Waals surface area (Å²) in [6, 6.07) is 3.21. The maximum Gasteiger partial charge on any atom is 0.354 e. The van der Waals surface area contributed by atoms with Crippen LogP contribution in [-0.2, 0) is 0 Å². The van der Waals surface area contributed by atoms with Gasteiger partial charge in [0.15, 0.2) is 0 Å². The highest BCUT2D eigenvalue weighted by Gasteiger charge is 2.04. The summed E-state index contributed by atoms with van der Waals surface area (Å²) < 4.78 is 0. The van der Waals surface area contributed by atoms with E-state index in [1.807, 2.05) is 0 Å². The summed E-state index contributed by atoms with van der Waals surface area (Å²) in [4.78, 5) is 14.4. The van der Waals surface area contributed by atoms with Crippen molar-refractivity contribution in [3.63, 3.8) is 0 Å². The molecule has 0 aliphatic heterocycles. The molecule has 3 N–H and O–H groups in total. The second-order valence-corrected chi connectivity index (χ2v) is 3.65. The van der Waals surface area contributed by atoms with Gasteiger partial charge in [-0.3, -0.25) is 0 Å². The Morgan fingerprint density at radius 1 is 1.62 bits per heavy atom. The first-order valence-corrected chi connectivity index (χ1v) is 5.21. The Bertz CT molecular complexity index is 353. The number of carboxylic acids is 1. The first kappa shape index (κ1) is 12.4. The van der Waals surface area contributed by atoms with E-state index in [0.717, 1.165) is 18.5 Å². The number of aliphatic hydroxyl groups is 1. The van der Waals surface area contributed by atoms with Crippen molar-refractivity contribution in [2.75, 3.05) is 11.9 Å². The van der Waals surface area contributed by atoms with Gasteiger partial charge in [-0.15, -0.1) is 0 Å². The molecule has 0 saturated heterocycles. The van der Waals surface area contributed by atoms with Gasteiger partial charge < -0.3 is 15.5 Å². The maximum atomic E-state index is 10.6. The van der Waals surface area contributed by atoms with Crippen LogP contribution in [0.3, 0.4) is 0 Å². The molecule has 0 saturated carbocycles. The Labute approximate surface area is 94.1 Å². The van der Waals surface area contributed by atoms with Gasteiger partial charge in [-0.05, 0) is 31.9 Å². The van der Waals surface area contributed by atoms with Gasteiger partial charge in [0.2, 0.25) is 0 Å². The molecule has 0 spiro atoms. The summed E-state index contributed by atoms with van der Waals surface area (Å²) in [6.45, 7) is 2.45. The average Bonchev–Trinajstić information content (AvgIpc) is 2.24. The molecule has 1 aromatic heterocycles. The van der Waals surface area contributed by atoms with E-state index in [4.69, 9.17) is 10.2 Å². The van der Waals surface area contributed by atoms with Gasteiger partial charge >= 0.3 is 5.97 Å². The minimum Gasteiger partial charge on any atom is -0.477 e. The molecule has 5 heteroatoms. The molecule has 0 fully saturated rings. The fourth-order valence-corrected chi connectivity index (χ4v) is 1.29. The van der Waals surface area contributed by atoms with Crippen LogP contribution in [-0.4, -0.2) is 33.8 Å². The molecule has 0 amide bonds. The van der Waals surface area contributed by atoms with Gasteiger partial charge in [-0.25, -0.2) is 9.78 Å². The standard InChI is InChI=1S/C11H16N2O3/c1-8(14)3-2-5-12-9-4-6-13-10(7-9)11(15)16/h4,6-8,14H,2-3,5H2,1H3,(H,12,13)(H,15,16). The lowest BCUT2D eigenvalue weighted by molar-refractivity contribution is 0.0690. The zero-order valence-electron chi connectivity index (χ0n) is 9.18. The first-order valence-electron chi connectivity index (χ1n) is 5.21. The molecule has 1 heterocycles. The fourth-order valence-electron chi connectivity index (χ4n) is 1.29. The lowest BCUT2D eigenvalue weighted by atomic mass is 10.2. The molecule has 0 aliphatic rings. The summed E-state index contributed by atoms with van der Waals surface area (Å²) in [5, 5.41) is 20.9. The van der Waals surface area contributed by atoms with Crippen LogP contribution >= 0.6 is 0 Å². The van der Waals surface area contributed by atoms with Gasteiger partial charge in [-0.1, -0.05) is 0 Å². The van der Waals surface area contributed by atoms with E-state index in [0.29, 0.717) is 6.54 Å². The molecule has 1 rings (SSSR count). The monoisotopic (exact) mass is 224 g/mol. The Balaban J connectivity index is 2.42. The van der Waals surface area contributed by atoms with Crippen LogP contribution in [0.25, 0.3) is 0 Å². The highest BCUT2D eigenvalue weighted by molar-refractivity contribution is 5.86. The van der Waals surface area contributed by atoms with E-state index in [1.165, 1.54) is 12.3 Å². The van der Waals surface area contributed by atoms with Gasteiger partial charge in [-0.2, -0.15) is 0 Å². The molecule has 88 valence electrons. The lowest BCUT2D eigenvalue weighted by Gasteiger charge is -2.07. The number of hydrogen-bond donors (Lipinski definition) is 3. The molecular formula is C11H16N2O3. The second-order valence-electron chi connectivity index (χ2n) is 3.65. The molecule has 5 nitrogen and oxygen atoms in total. The number of carboxylic acid groups (broad SMARTS) is 1. The van der Waals surface area contributed by atoms with E-state index in [-0.39, 0.29) is 11.8 Å². The molecule has 1 aromatic rings. The van der Waals surface area contributed by atoms with Crippen molar-refractivity contribution in [3.05, 3.63) is 24.0 Å². The number of aromatic carboxylic acids is 1. The number of aliphatic hydroxyl groups excluding tert-OH is 1.